The van der Waals surface area contributed by atoms with E-state index in [1.807, 2.05) is 19.9 Å². The molecule has 1 aromatic carbocycles. The molecule has 4 heteroatoms. The first-order chi connectivity index (χ1) is 8.69. The first-order valence-electron chi connectivity index (χ1n) is 6.11. The molecule has 0 saturated heterocycles. The third kappa shape index (κ3) is 2.98. The normalized spacial score (nSPS) is 12.1. The lowest BCUT2D eigenvalue weighted by atomic mass is 10.1. The molecule has 0 N–H and O–H groups in total. The van der Waals surface area contributed by atoms with Crippen molar-refractivity contribution in [1.29, 1.82) is 0 Å². The SMILES string of the molecule is Cc1cc2c(C)cc(=O)oc2c(Cl)c1SC(C)(C)C. The molecule has 0 bridgehead atoms. The van der Waals surface area contributed by atoms with E-state index in [2.05, 4.69) is 20.8 Å². The summed E-state index contributed by atoms with van der Waals surface area (Å²) in [5.74, 6) is 0. The Morgan fingerprint density at radius 2 is 1.79 bits per heavy atom. The van der Waals surface area contributed by atoms with Crippen LogP contribution in [0.1, 0.15) is 31.9 Å². The fraction of sp³-hybridized carbons (Fsp3) is 0.400. The second kappa shape index (κ2) is 4.88. The minimum absolute atomic E-state index is 0.0478. The highest BCUT2D eigenvalue weighted by atomic mass is 35.5. The molecule has 0 atom stereocenters. The van der Waals surface area contributed by atoms with Gasteiger partial charge < -0.3 is 4.42 Å². The highest BCUT2D eigenvalue weighted by molar-refractivity contribution is 8.00. The van der Waals surface area contributed by atoms with Crippen molar-refractivity contribution in [3.05, 3.63) is 38.7 Å². The molecular weight excluding hydrogens is 280 g/mol. The van der Waals surface area contributed by atoms with E-state index in [1.165, 1.54) is 6.07 Å². The Morgan fingerprint density at radius 3 is 2.37 bits per heavy atom. The average Bonchev–Trinajstić information content (AvgIpc) is 2.25. The summed E-state index contributed by atoms with van der Waals surface area (Å²) in [5.41, 5.74) is 2.13. The van der Waals surface area contributed by atoms with E-state index in [-0.39, 0.29) is 10.4 Å². The third-order valence-corrected chi connectivity index (χ3v) is 4.55. The fourth-order valence-electron chi connectivity index (χ4n) is 1.95. The van der Waals surface area contributed by atoms with Gasteiger partial charge in [0.1, 0.15) is 0 Å². The second-order valence-corrected chi connectivity index (χ2v) is 7.89. The number of halogens is 1. The van der Waals surface area contributed by atoms with Crippen LogP contribution >= 0.6 is 23.4 Å². The molecule has 0 fully saturated rings. The molecule has 0 spiro atoms. The largest absolute Gasteiger partial charge is 0.421 e. The summed E-state index contributed by atoms with van der Waals surface area (Å²) in [5, 5.41) is 1.44. The smallest absolute Gasteiger partial charge is 0.336 e. The van der Waals surface area contributed by atoms with Gasteiger partial charge in [-0.1, -0.05) is 32.4 Å². The molecule has 19 heavy (non-hydrogen) atoms. The maximum Gasteiger partial charge on any atom is 0.336 e. The van der Waals surface area contributed by atoms with Crippen LogP contribution in [0.3, 0.4) is 0 Å². The lowest BCUT2D eigenvalue weighted by Crippen LogP contribution is -2.08. The van der Waals surface area contributed by atoms with E-state index < -0.39 is 0 Å². The van der Waals surface area contributed by atoms with Crippen LogP contribution in [-0.4, -0.2) is 4.75 Å². The molecule has 1 aromatic heterocycles. The summed E-state index contributed by atoms with van der Waals surface area (Å²) in [6, 6.07) is 3.53. The molecular formula is C15H17ClO2S. The molecule has 0 aliphatic rings. The van der Waals surface area contributed by atoms with Crippen LogP contribution in [0.2, 0.25) is 5.02 Å². The first-order valence-corrected chi connectivity index (χ1v) is 7.31. The van der Waals surface area contributed by atoms with Crippen molar-refractivity contribution in [3.8, 4) is 0 Å². The highest BCUT2D eigenvalue weighted by Gasteiger charge is 2.20. The summed E-state index contributed by atoms with van der Waals surface area (Å²) in [7, 11) is 0. The van der Waals surface area contributed by atoms with E-state index in [0.29, 0.717) is 10.6 Å². The molecule has 2 nitrogen and oxygen atoms in total. The Labute approximate surface area is 122 Å². The Hall–Kier alpha value is -0.930. The van der Waals surface area contributed by atoms with Crippen LogP contribution < -0.4 is 5.63 Å². The van der Waals surface area contributed by atoms with Gasteiger partial charge in [0, 0.05) is 21.1 Å². The van der Waals surface area contributed by atoms with Crippen molar-refractivity contribution in [2.24, 2.45) is 0 Å². The lowest BCUT2D eigenvalue weighted by molar-refractivity contribution is 0.559. The van der Waals surface area contributed by atoms with Crippen LogP contribution in [0, 0.1) is 13.8 Å². The molecule has 0 aliphatic heterocycles. The minimum Gasteiger partial charge on any atom is -0.421 e. The maximum atomic E-state index is 11.5. The van der Waals surface area contributed by atoms with Gasteiger partial charge in [0.25, 0.3) is 0 Å². The zero-order valence-corrected chi connectivity index (χ0v) is 13.3. The van der Waals surface area contributed by atoms with Gasteiger partial charge in [-0.2, -0.15) is 0 Å². The van der Waals surface area contributed by atoms with E-state index in [1.54, 1.807) is 11.8 Å². The zero-order chi connectivity index (χ0) is 14.4. The van der Waals surface area contributed by atoms with E-state index >= 15 is 0 Å². The van der Waals surface area contributed by atoms with Gasteiger partial charge in [-0.25, -0.2) is 4.79 Å². The standard InChI is InChI=1S/C15H17ClO2S/c1-8-7-11(17)18-13-10(8)6-9(2)14(12(13)16)19-15(3,4)5/h6-7H,1-5H3. The maximum absolute atomic E-state index is 11.5. The predicted octanol–water partition coefficient (Wildman–Crippen LogP) is 4.95. The molecule has 0 unspecified atom stereocenters. The summed E-state index contributed by atoms with van der Waals surface area (Å²) < 4.78 is 5.33. The van der Waals surface area contributed by atoms with Gasteiger partial charge >= 0.3 is 5.63 Å². The van der Waals surface area contributed by atoms with Crippen LogP contribution in [0.25, 0.3) is 11.0 Å². The van der Waals surface area contributed by atoms with Crippen LogP contribution in [0.4, 0.5) is 0 Å². The topological polar surface area (TPSA) is 30.2 Å². The van der Waals surface area contributed by atoms with Gasteiger partial charge in [0.05, 0.1) is 5.02 Å². The molecule has 0 radical (unpaired) electrons. The quantitative estimate of drug-likeness (QED) is 0.551. The predicted molar refractivity (Wildman–Crippen MR) is 82.6 cm³/mol. The van der Waals surface area contributed by atoms with Gasteiger partial charge in [0.15, 0.2) is 5.58 Å². The molecule has 0 aliphatic carbocycles. The Balaban J connectivity index is 2.78. The number of aryl methyl sites for hydroxylation is 2. The summed E-state index contributed by atoms with van der Waals surface area (Å²) in [4.78, 5) is 12.5. The van der Waals surface area contributed by atoms with Crippen molar-refractivity contribution < 1.29 is 4.42 Å². The molecule has 2 aromatic rings. The number of hydrogen-bond acceptors (Lipinski definition) is 3. The van der Waals surface area contributed by atoms with Crippen molar-refractivity contribution in [2.75, 3.05) is 0 Å². The number of benzene rings is 1. The van der Waals surface area contributed by atoms with Crippen LogP contribution in [-0.2, 0) is 0 Å². The summed E-state index contributed by atoms with van der Waals surface area (Å²) >= 11 is 8.13. The fourth-order valence-corrected chi connectivity index (χ4v) is 3.37. The summed E-state index contributed by atoms with van der Waals surface area (Å²) in [6.07, 6.45) is 0. The molecule has 102 valence electrons. The second-order valence-electron chi connectivity index (χ2n) is 5.68. The lowest BCUT2D eigenvalue weighted by Gasteiger charge is -2.20. The number of rotatable bonds is 1. The molecule has 0 saturated carbocycles. The van der Waals surface area contributed by atoms with Gasteiger partial charge in [0.2, 0.25) is 0 Å². The monoisotopic (exact) mass is 296 g/mol. The Kier molecular flexibility index (Phi) is 3.72. The van der Waals surface area contributed by atoms with Gasteiger partial charge in [-0.15, -0.1) is 11.8 Å². The minimum atomic E-state index is -0.359. The highest BCUT2D eigenvalue weighted by Crippen LogP contribution is 2.42. The molecule has 2 rings (SSSR count). The third-order valence-electron chi connectivity index (χ3n) is 2.73. The van der Waals surface area contributed by atoms with Crippen molar-refractivity contribution in [2.45, 2.75) is 44.3 Å². The molecule has 1 heterocycles. The Morgan fingerprint density at radius 1 is 1.16 bits per heavy atom. The van der Waals surface area contributed by atoms with Crippen LogP contribution in [0.15, 0.2) is 26.2 Å². The first kappa shape index (κ1) is 14.5. The van der Waals surface area contributed by atoms with Crippen molar-refractivity contribution in [1.82, 2.24) is 0 Å². The Bertz CT molecular complexity index is 696. The number of fused-ring (bicyclic) bond motifs is 1. The average molecular weight is 297 g/mol. The number of hydrogen-bond donors (Lipinski definition) is 0. The van der Waals surface area contributed by atoms with E-state index in [4.69, 9.17) is 16.0 Å². The molecule has 0 amide bonds. The van der Waals surface area contributed by atoms with Crippen molar-refractivity contribution >= 4 is 34.3 Å². The van der Waals surface area contributed by atoms with E-state index in [9.17, 15) is 4.79 Å². The van der Waals surface area contributed by atoms with E-state index in [0.717, 1.165) is 21.4 Å². The summed E-state index contributed by atoms with van der Waals surface area (Å²) in [6.45, 7) is 10.3. The van der Waals surface area contributed by atoms with Crippen molar-refractivity contribution in [3.63, 3.8) is 0 Å². The van der Waals surface area contributed by atoms with Gasteiger partial charge in [-0.3, -0.25) is 0 Å². The van der Waals surface area contributed by atoms with Crippen LogP contribution in [0.5, 0.6) is 0 Å². The zero-order valence-electron chi connectivity index (χ0n) is 11.8. The van der Waals surface area contributed by atoms with Gasteiger partial charge in [-0.05, 0) is 31.0 Å². The number of thioether (sulfide) groups is 1.